The quantitative estimate of drug-likeness (QED) is 0.526. The molecule has 0 saturated carbocycles. The van der Waals surface area contributed by atoms with Crippen LogP contribution < -0.4 is 5.59 Å². The van der Waals surface area contributed by atoms with E-state index in [2.05, 4.69) is 5.10 Å². The van der Waals surface area contributed by atoms with Gasteiger partial charge in [0.1, 0.15) is 0 Å². The zero-order chi connectivity index (χ0) is 18.0. The second-order valence-corrected chi connectivity index (χ2v) is 5.54. The Morgan fingerprint density at radius 1 is 1.00 bits per heavy atom. The number of alkyl halides is 3. The van der Waals surface area contributed by atoms with E-state index in [1.54, 1.807) is 29.9 Å². The molecular weight excluding hydrogens is 331 g/mol. The van der Waals surface area contributed by atoms with Crippen LogP contribution in [-0.4, -0.2) is 22.7 Å². The third kappa shape index (κ3) is 4.04. The van der Waals surface area contributed by atoms with Gasteiger partial charge in [0.25, 0.3) is 0 Å². The first-order valence-electron chi connectivity index (χ1n) is 7.48. The van der Waals surface area contributed by atoms with E-state index in [-0.39, 0.29) is 5.82 Å². The first kappa shape index (κ1) is 17.1. The number of nitrogens with zero attached hydrogens (tertiary/aromatic N) is 2. The van der Waals surface area contributed by atoms with Crippen molar-refractivity contribution in [2.24, 2.45) is 7.05 Å². The molecule has 0 spiro atoms. The molecule has 0 unspecified atom stereocenters. The summed E-state index contributed by atoms with van der Waals surface area (Å²) < 4.78 is 52.4. The summed E-state index contributed by atoms with van der Waals surface area (Å²) in [6.45, 7) is 1.81. The SMILES string of the molecule is Cn1nc(-c2ccc(C(F)(F)F)cc2)cc1B=Cc1ccc(F)cc1. The fourth-order valence-electron chi connectivity index (χ4n) is 2.36. The number of rotatable bonds is 3. The predicted molar refractivity (Wildman–Crippen MR) is 90.6 cm³/mol. The molecule has 0 aliphatic carbocycles. The van der Waals surface area contributed by atoms with Crippen LogP contribution in [0.3, 0.4) is 0 Å². The van der Waals surface area contributed by atoms with E-state index in [0.717, 1.165) is 23.3 Å². The molecule has 2 aromatic carbocycles. The molecule has 7 heteroatoms. The van der Waals surface area contributed by atoms with Crippen LogP contribution in [-0.2, 0) is 13.2 Å². The van der Waals surface area contributed by atoms with Crippen LogP contribution in [0.25, 0.3) is 11.3 Å². The Hall–Kier alpha value is -2.70. The van der Waals surface area contributed by atoms with Crippen LogP contribution in [0.2, 0.25) is 0 Å². The molecule has 0 amide bonds. The maximum absolute atomic E-state index is 12.9. The molecule has 0 radical (unpaired) electrons. The molecule has 3 aromatic rings. The summed E-state index contributed by atoms with van der Waals surface area (Å²) in [4.78, 5) is 0. The monoisotopic (exact) mass is 344 g/mol. The Balaban J connectivity index is 1.83. The molecule has 126 valence electrons. The molecule has 2 nitrogen and oxygen atoms in total. The molecule has 0 fully saturated rings. The van der Waals surface area contributed by atoms with Gasteiger partial charge in [0.15, 0.2) is 0 Å². The zero-order valence-corrected chi connectivity index (χ0v) is 13.3. The van der Waals surface area contributed by atoms with Crippen molar-refractivity contribution in [2.45, 2.75) is 6.18 Å². The summed E-state index contributed by atoms with van der Waals surface area (Å²) in [6.07, 6.45) is -4.36. The number of aromatic nitrogens is 2. The van der Waals surface area contributed by atoms with E-state index in [1.807, 2.05) is 12.9 Å². The molecule has 0 saturated heterocycles. The average Bonchev–Trinajstić information content (AvgIpc) is 2.95. The van der Waals surface area contributed by atoms with Gasteiger partial charge in [-0.25, -0.2) is 0 Å². The number of hydrogen-bond donors (Lipinski definition) is 0. The summed E-state index contributed by atoms with van der Waals surface area (Å²) in [6, 6.07) is 12.7. The third-order valence-electron chi connectivity index (χ3n) is 3.74. The molecule has 0 atom stereocenters. The fraction of sp³-hybridized carbons (Fsp3) is 0.111. The van der Waals surface area contributed by atoms with Crippen LogP contribution in [0.1, 0.15) is 11.1 Å². The average molecular weight is 344 g/mol. The summed E-state index contributed by atoms with van der Waals surface area (Å²) >= 11 is 0. The molecule has 3 rings (SSSR count). The summed E-state index contributed by atoms with van der Waals surface area (Å²) in [5, 5.41) is 4.32. The van der Waals surface area contributed by atoms with E-state index in [0.29, 0.717) is 11.3 Å². The molecule has 25 heavy (non-hydrogen) atoms. The topological polar surface area (TPSA) is 17.8 Å². The van der Waals surface area contributed by atoms with Gasteiger partial charge in [-0.3, -0.25) is 0 Å². The second kappa shape index (κ2) is 6.66. The van der Waals surface area contributed by atoms with Crippen LogP contribution in [0, 0.1) is 5.82 Å². The van der Waals surface area contributed by atoms with Crippen LogP contribution in [0.4, 0.5) is 17.6 Å². The van der Waals surface area contributed by atoms with Gasteiger partial charge in [-0.15, -0.1) is 0 Å². The molecule has 0 bridgehead atoms. The van der Waals surface area contributed by atoms with Crippen molar-refractivity contribution in [3.63, 3.8) is 0 Å². The van der Waals surface area contributed by atoms with Crippen LogP contribution in [0.5, 0.6) is 0 Å². The van der Waals surface area contributed by atoms with Crippen LogP contribution in [0.15, 0.2) is 54.6 Å². The molecule has 0 aliphatic heterocycles. The van der Waals surface area contributed by atoms with E-state index in [9.17, 15) is 17.6 Å². The van der Waals surface area contributed by atoms with Crippen LogP contribution >= 0.6 is 0 Å². The fourth-order valence-corrected chi connectivity index (χ4v) is 2.36. The second-order valence-electron chi connectivity index (χ2n) is 5.54. The van der Waals surface area contributed by atoms with Gasteiger partial charge in [-0.05, 0) is 0 Å². The van der Waals surface area contributed by atoms with E-state index >= 15 is 0 Å². The Labute approximate surface area is 142 Å². The summed E-state index contributed by atoms with van der Waals surface area (Å²) in [5.74, 6) is 1.51. The van der Waals surface area contributed by atoms with Gasteiger partial charge >= 0.3 is 142 Å². The van der Waals surface area contributed by atoms with Crippen molar-refractivity contribution in [1.29, 1.82) is 0 Å². The van der Waals surface area contributed by atoms with Gasteiger partial charge in [0.2, 0.25) is 0 Å². The van der Waals surface area contributed by atoms with Crippen molar-refractivity contribution in [3.8, 4) is 11.3 Å². The number of aryl methyl sites for hydroxylation is 1. The Morgan fingerprint density at radius 3 is 2.24 bits per heavy atom. The van der Waals surface area contributed by atoms with Crippen molar-refractivity contribution >= 4 is 18.5 Å². The van der Waals surface area contributed by atoms with Gasteiger partial charge < -0.3 is 0 Å². The summed E-state index contributed by atoms with van der Waals surface area (Å²) in [5.41, 5.74) is 2.10. The number of halogens is 4. The van der Waals surface area contributed by atoms with Gasteiger partial charge in [-0.1, -0.05) is 0 Å². The maximum atomic E-state index is 12.9. The normalized spacial score (nSPS) is 11.7. The Morgan fingerprint density at radius 2 is 1.64 bits per heavy atom. The first-order valence-corrected chi connectivity index (χ1v) is 7.48. The molecule has 0 aliphatic rings. The number of benzene rings is 2. The van der Waals surface area contributed by atoms with Gasteiger partial charge in [0.05, 0.1) is 0 Å². The van der Waals surface area contributed by atoms with E-state index < -0.39 is 11.7 Å². The Kier molecular flexibility index (Phi) is 4.57. The minimum absolute atomic E-state index is 0.303. The van der Waals surface area contributed by atoms with Crippen molar-refractivity contribution in [1.82, 2.24) is 9.78 Å². The minimum atomic E-state index is -4.36. The standard InChI is InChI=1S/C18H13BF4N2/c1-25-17(19-11-12-2-8-15(20)9-3-12)10-16(24-25)13-4-6-14(7-5-13)18(21,22)23/h2-11H,1H3. The zero-order valence-electron chi connectivity index (χ0n) is 13.3. The van der Waals surface area contributed by atoms with E-state index in [4.69, 9.17) is 0 Å². The van der Waals surface area contributed by atoms with Crippen molar-refractivity contribution in [3.05, 3.63) is 71.5 Å². The molecule has 1 heterocycles. The molecule has 1 aromatic heterocycles. The van der Waals surface area contributed by atoms with Gasteiger partial charge in [0, 0.05) is 0 Å². The number of hydrogen-bond acceptors (Lipinski definition) is 1. The predicted octanol–water partition coefficient (Wildman–Crippen LogP) is 3.43. The van der Waals surface area contributed by atoms with Crippen molar-refractivity contribution < 1.29 is 17.6 Å². The molecular formula is C18H13BF4N2. The first-order chi connectivity index (χ1) is 11.8. The third-order valence-corrected chi connectivity index (χ3v) is 3.74. The Bertz CT molecular complexity index is 894. The summed E-state index contributed by atoms with van der Waals surface area (Å²) in [7, 11) is 1.75. The van der Waals surface area contributed by atoms with Gasteiger partial charge in [-0.2, -0.15) is 0 Å². The molecule has 0 N–H and O–H groups in total. The van der Waals surface area contributed by atoms with E-state index in [1.165, 1.54) is 24.3 Å². The van der Waals surface area contributed by atoms with Crippen molar-refractivity contribution in [2.75, 3.05) is 0 Å².